The van der Waals surface area contributed by atoms with Gasteiger partial charge >= 0.3 is 0 Å². The zero-order valence-corrected chi connectivity index (χ0v) is 42.3. The van der Waals surface area contributed by atoms with Crippen molar-refractivity contribution in [3.63, 3.8) is 0 Å². The maximum Gasteiger partial charge on any atom is 0.290 e. The Morgan fingerprint density at radius 1 is 0.671 bits per heavy atom. The molecule has 6 atom stereocenters. The summed E-state index contributed by atoms with van der Waals surface area (Å²) in [5, 5.41) is 3.64. The summed E-state index contributed by atoms with van der Waals surface area (Å²) in [7, 11) is 0. The van der Waals surface area contributed by atoms with E-state index in [1.165, 1.54) is 6.07 Å². The topological polar surface area (TPSA) is 207 Å². The van der Waals surface area contributed by atoms with E-state index in [2.05, 4.69) is 30.7 Å². The molecule has 4 bridgehead atoms. The molecule has 0 unspecified atom stereocenters. The van der Waals surface area contributed by atoms with Gasteiger partial charge in [0.25, 0.3) is 23.6 Å². The number of rotatable bonds is 12. The van der Waals surface area contributed by atoms with Crippen LogP contribution in [-0.4, -0.2) is 141 Å². The van der Waals surface area contributed by atoms with Gasteiger partial charge in [-0.1, -0.05) is 70.2 Å². The highest BCUT2D eigenvalue weighted by Crippen LogP contribution is 2.36. The molecule has 4 saturated heterocycles. The molecule has 4 N–H and O–H groups in total. The van der Waals surface area contributed by atoms with Crippen LogP contribution >= 0.6 is 0 Å². The van der Waals surface area contributed by atoms with E-state index in [0.29, 0.717) is 50.5 Å². The quantitative estimate of drug-likeness (QED) is 0.102. The Labute approximate surface area is 434 Å². The van der Waals surface area contributed by atoms with Crippen LogP contribution in [0.4, 0.5) is 8.78 Å². The lowest BCUT2D eigenvalue weighted by atomic mass is 9.85. The summed E-state index contributed by atoms with van der Waals surface area (Å²) in [6.45, 7) is 9.15. The molecule has 0 radical (unpaired) electrons. The lowest BCUT2D eigenvalue weighted by Gasteiger charge is -2.39. The highest BCUT2D eigenvalue weighted by atomic mass is 19.1. The van der Waals surface area contributed by atoms with Crippen LogP contribution in [0.2, 0.25) is 0 Å². The fraction of sp³-hybridized carbons (Fsp3) is 0.357. The fourth-order valence-electron chi connectivity index (χ4n) is 12.0. The first-order valence-corrected chi connectivity index (χ1v) is 25.8. The van der Waals surface area contributed by atoms with E-state index < -0.39 is 34.9 Å². The number of nitrogens with zero attached hydrogens (tertiary/aromatic N) is 8. The summed E-state index contributed by atoms with van der Waals surface area (Å²) in [6, 6.07) is 25.1. The number of aromatic amines is 2. The molecule has 4 aliphatic rings. The number of para-hydroxylation sites is 5. The molecular weight excluding hydrogens is 975 g/mol. The highest BCUT2D eigenvalue weighted by Gasteiger charge is 2.51. The van der Waals surface area contributed by atoms with E-state index in [4.69, 9.17) is 0 Å². The van der Waals surface area contributed by atoms with E-state index in [1.807, 2.05) is 115 Å². The highest BCUT2D eigenvalue weighted by molar-refractivity contribution is 6.07. The summed E-state index contributed by atoms with van der Waals surface area (Å²) in [5.41, 5.74) is 5.27. The molecule has 12 rings (SSSR count). The monoisotopic (exact) mass is 1030 g/mol. The number of hydrogen-bond donors (Lipinski definition) is 4. The number of hydrogen-bond acceptors (Lipinski definition) is 8. The van der Waals surface area contributed by atoms with Gasteiger partial charge in [-0.05, 0) is 79.1 Å². The van der Waals surface area contributed by atoms with Crippen LogP contribution in [0.5, 0.6) is 0 Å². The number of H-pyrrole nitrogens is 2. The number of likely N-dealkylation sites (tertiary alicyclic amines) is 4. The van der Waals surface area contributed by atoms with E-state index in [-0.39, 0.29) is 107 Å². The molecular formula is C56H56F2N12O6. The van der Waals surface area contributed by atoms with Crippen LogP contribution in [0, 0.1) is 23.0 Å². The number of amides is 6. The van der Waals surface area contributed by atoms with Gasteiger partial charge in [0, 0.05) is 61.5 Å². The Morgan fingerprint density at radius 3 is 1.82 bits per heavy atom. The number of fused-ring (bicyclic) bond motifs is 8. The number of halogens is 2. The summed E-state index contributed by atoms with van der Waals surface area (Å²) < 4.78 is 33.6. The Bertz CT molecular complexity index is 3640. The van der Waals surface area contributed by atoms with Gasteiger partial charge in [-0.15, -0.1) is 0 Å². The van der Waals surface area contributed by atoms with Crippen LogP contribution < -0.4 is 10.7 Å². The first-order chi connectivity index (χ1) is 36.5. The Balaban J connectivity index is 0.735. The van der Waals surface area contributed by atoms with Crippen molar-refractivity contribution < 1.29 is 37.5 Å². The maximum atomic E-state index is 16.0. The fourth-order valence-corrected chi connectivity index (χ4v) is 12.0. The minimum absolute atomic E-state index is 0.00298. The average molecular weight is 1030 g/mol. The van der Waals surface area contributed by atoms with Crippen molar-refractivity contribution in [1.29, 1.82) is 0 Å². The first-order valence-electron chi connectivity index (χ1n) is 25.8. The van der Waals surface area contributed by atoms with Crippen molar-refractivity contribution in [2.45, 2.75) is 90.1 Å². The van der Waals surface area contributed by atoms with Gasteiger partial charge in [-0.25, -0.2) is 23.4 Å². The Hall–Kier alpha value is -8.42. The van der Waals surface area contributed by atoms with Gasteiger partial charge in [-0.2, -0.15) is 0 Å². The second kappa shape index (κ2) is 18.4. The molecule has 0 aliphatic carbocycles. The normalized spacial score (nSPS) is 19.9. The zero-order chi connectivity index (χ0) is 52.9. The van der Waals surface area contributed by atoms with Crippen LogP contribution in [0.3, 0.4) is 0 Å². The van der Waals surface area contributed by atoms with Crippen molar-refractivity contribution in [3.8, 4) is 0 Å². The standard InChI is InChI=1S/C56H56F2N12O6/c1-30(17-18-46(71)65-26-35-23-34(65)27-67(35)54(75)49-59-39-12-6-7-13-40(39)60-49)25-69-43-16-10-5-11-31(43)20-44(69)52(73)64-70-45(21-32-19-33(57)22-38(58)47(32)70)51(72)63-48(56(2,3)4)53(74)66-28-37-24-36(66)29-68(37)55(76)50-61-41-14-8-9-15-42(41)62-50/h5-16,19-22,30,34-37,48H,17-18,23-29H2,1-4H3,(H,59,60)(H,61,62)(H,63,72)(H,64,73)/t30-,34-,35-,36-,37-,48+/m0/s1. The van der Waals surface area contributed by atoms with Crippen LogP contribution in [0.1, 0.15) is 95.6 Å². The van der Waals surface area contributed by atoms with Crippen molar-refractivity contribution in [1.82, 2.24) is 54.1 Å². The lowest BCUT2D eigenvalue weighted by Crippen LogP contribution is -2.59. The summed E-state index contributed by atoms with van der Waals surface area (Å²) >= 11 is 0. The predicted molar refractivity (Wildman–Crippen MR) is 279 cm³/mol. The summed E-state index contributed by atoms with van der Waals surface area (Å²) in [6.07, 6.45) is 2.00. The molecule has 6 amide bonds. The maximum absolute atomic E-state index is 16.0. The van der Waals surface area contributed by atoms with Crippen molar-refractivity contribution in [2.75, 3.05) is 31.6 Å². The van der Waals surface area contributed by atoms with E-state index in [1.54, 1.807) is 15.9 Å². The second-order valence-corrected chi connectivity index (χ2v) is 22.0. The molecule has 4 aromatic heterocycles. The first kappa shape index (κ1) is 48.5. The minimum Gasteiger partial charge on any atom is -0.338 e. The molecule has 18 nitrogen and oxygen atoms in total. The van der Waals surface area contributed by atoms with Crippen LogP contribution in [-0.2, 0) is 16.1 Å². The molecule has 8 heterocycles. The van der Waals surface area contributed by atoms with E-state index >= 15 is 4.39 Å². The number of nitrogens with one attached hydrogen (secondary N) is 4. The molecule has 20 heteroatoms. The number of carbonyl (C=O) groups excluding carboxylic acids is 6. The number of benzene rings is 4. The summed E-state index contributed by atoms with van der Waals surface area (Å²) in [4.78, 5) is 107. The van der Waals surface area contributed by atoms with Gasteiger partial charge in [0.05, 0.1) is 46.2 Å². The molecule has 0 spiro atoms. The Morgan fingerprint density at radius 2 is 1.22 bits per heavy atom. The van der Waals surface area contributed by atoms with Gasteiger partial charge in [0.15, 0.2) is 17.5 Å². The van der Waals surface area contributed by atoms with Crippen LogP contribution in [0.15, 0.2) is 97.1 Å². The number of imidazole rings is 2. The third-order valence-electron chi connectivity index (χ3n) is 15.8. The lowest BCUT2D eigenvalue weighted by molar-refractivity contribution is -0.138. The SMILES string of the molecule is C[C@@H](CCC(=O)N1C[C@@H]2C[C@H]1CN2C(=O)c1nc2ccccc2[nH]1)Cn1c(C(=O)Nn2c(C(=O)N[C@H](C(=O)N3C[C@@H]4C[C@H]3CN4C(=O)c3nc4ccccc4[nH]3)C(C)(C)C)cc3cc(F)cc(F)c32)cc2ccccc21. The number of piperazine rings is 2. The number of aromatic nitrogens is 6. The van der Waals surface area contributed by atoms with E-state index in [9.17, 15) is 33.2 Å². The van der Waals surface area contributed by atoms with Crippen molar-refractivity contribution in [2.24, 2.45) is 11.3 Å². The molecule has 76 heavy (non-hydrogen) atoms. The van der Waals surface area contributed by atoms with Crippen molar-refractivity contribution >= 4 is 79.3 Å². The van der Waals surface area contributed by atoms with Gasteiger partial charge < -0.3 is 39.5 Å². The molecule has 0 saturated carbocycles. The summed E-state index contributed by atoms with van der Waals surface area (Å²) in [5.74, 6) is -3.82. The molecule has 8 aromatic rings. The largest absolute Gasteiger partial charge is 0.338 e. The van der Waals surface area contributed by atoms with Gasteiger partial charge in [-0.3, -0.25) is 34.2 Å². The number of carbonyl (C=O) groups is 6. The molecule has 4 aliphatic heterocycles. The molecule has 390 valence electrons. The molecule has 4 aromatic carbocycles. The third-order valence-corrected chi connectivity index (χ3v) is 15.8. The predicted octanol–water partition coefficient (Wildman–Crippen LogP) is 6.82. The third kappa shape index (κ3) is 8.48. The van der Waals surface area contributed by atoms with Crippen molar-refractivity contribution in [3.05, 3.63) is 132 Å². The molecule has 4 fully saturated rings. The minimum atomic E-state index is -1.10. The smallest absolute Gasteiger partial charge is 0.290 e. The zero-order valence-electron chi connectivity index (χ0n) is 42.3. The van der Waals surface area contributed by atoms with E-state index in [0.717, 1.165) is 38.2 Å². The van der Waals surface area contributed by atoms with Gasteiger partial charge in [0.2, 0.25) is 11.8 Å². The van der Waals surface area contributed by atoms with Crippen LogP contribution in [0.25, 0.3) is 43.9 Å². The Kier molecular flexibility index (Phi) is 11.8. The van der Waals surface area contributed by atoms with Gasteiger partial charge in [0.1, 0.15) is 28.8 Å². The average Bonchev–Trinajstić information content (AvgIpc) is 4.30. The second-order valence-electron chi connectivity index (χ2n) is 22.0.